The van der Waals surface area contributed by atoms with Crippen molar-refractivity contribution in [1.29, 1.82) is 0 Å². The molecule has 0 aliphatic heterocycles. The Kier molecular flexibility index (Phi) is 5.80. The van der Waals surface area contributed by atoms with Gasteiger partial charge in [0.25, 0.3) is 0 Å². The number of carbonyl (C=O) groups excluding carboxylic acids is 1. The van der Waals surface area contributed by atoms with Crippen molar-refractivity contribution in [2.24, 2.45) is 0 Å². The van der Waals surface area contributed by atoms with E-state index in [9.17, 15) is 4.79 Å². The molecule has 25 heavy (non-hydrogen) atoms. The molecule has 0 saturated carbocycles. The van der Waals surface area contributed by atoms with Gasteiger partial charge in [0, 0.05) is 11.6 Å². The van der Waals surface area contributed by atoms with Gasteiger partial charge < -0.3 is 10.1 Å². The molecule has 0 aliphatic rings. The Labute approximate surface area is 154 Å². The van der Waals surface area contributed by atoms with E-state index in [1.54, 1.807) is 12.1 Å². The number of ether oxygens (including phenoxy) is 1. The largest absolute Gasteiger partial charge is 0.492 e. The van der Waals surface area contributed by atoms with Crippen LogP contribution in [0.5, 0.6) is 5.75 Å². The maximum Gasteiger partial charge on any atom is 0.238 e. The summed E-state index contributed by atoms with van der Waals surface area (Å²) in [7, 11) is 1.87. The fraction of sp³-hybridized carbons (Fsp3) is 0.235. The van der Waals surface area contributed by atoms with Crippen LogP contribution in [0.3, 0.4) is 0 Å². The van der Waals surface area contributed by atoms with Crippen LogP contribution >= 0.6 is 23.3 Å². The zero-order valence-corrected chi connectivity index (χ0v) is 15.2. The van der Waals surface area contributed by atoms with E-state index < -0.39 is 0 Å². The van der Waals surface area contributed by atoms with Crippen molar-refractivity contribution in [2.75, 3.05) is 32.1 Å². The number of halogens is 1. The molecule has 0 bridgehead atoms. The Bertz CT molecular complexity index is 853. The van der Waals surface area contributed by atoms with Crippen LogP contribution in [0, 0.1) is 0 Å². The first-order chi connectivity index (χ1) is 12.1. The second kappa shape index (κ2) is 8.24. The number of fused-ring (bicyclic) bond motifs is 1. The molecule has 3 rings (SSSR count). The molecule has 1 heterocycles. The summed E-state index contributed by atoms with van der Waals surface area (Å²) in [6, 6.07) is 12.7. The molecule has 6 nitrogen and oxygen atoms in total. The Morgan fingerprint density at radius 2 is 2.04 bits per heavy atom. The topological polar surface area (TPSA) is 67.3 Å². The summed E-state index contributed by atoms with van der Waals surface area (Å²) in [5.74, 6) is 0.652. The highest BCUT2D eigenvalue weighted by Crippen LogP contribution is 2.21. The predicted molar refractivity (Wildman–Crippen MR) is 100 cm³/mol. The van der Waals surface area contributed by atoms with E-state index in [1.165, 1.54) is 0 Å². The van der Waals surface area contributed by atoms with Crippen LogP contribution in [-0.2, 0) is 4.79 Å². The Morgan fingerprint density at radius 3 is 2.84 bits per heavy atom. The quantitative estimate of drug-likeness (QED) is 0.685. The molecular weight excluding hydrogens is 360 g/mol. The van der Waals surface area contributed by atoms with E-state index in [0.717, 1.165) is 28.5 Å². The molecule has 0 radical (unpaired) electrons. The van der Waals surface area contributed by atoms with Crippen molar-refractivity contribution in [1.82, 2.24) is 13.6 Å². The van der Waals surface area contributed by atoms with Gasteiger partial charge in [-0.2, -0.15) is 8.75 Å². The predicted octanol–water partition coefficient (Wildman–Crippen LogP) is 3.29. The van der Waals surface area contributed by atoms with Crippen molar-refractivity contribution in [3.63, 3.8) is 0 Å². The minimum Gasteiger partial charge on any atom is -0.492 e. The molecular formula is C17H17ClN4O2S. The average molecular weight is 377 g/mol. The molecule has 8 heteroatoms. The van der Waals surface area contributed by atoms with E-state index in [1.807, 2.05) is 42.3 Å². The Balaban J connectivity index is 1.46. The molecule has 3 aromatic rings. The Morgan fingerprint density at radius 1 is 1.24 bits per heavy atom. The second-order valence-corrected chi connectivity index (χ2v) is 6.49. The van der Waals surface area contributed by atoms with Crippen LogP contribution in [0.15, 0.2) is 42.5 Å². The lowest BCUT2D eigenvalue weighted by Crippen LogP contribution is -2.33. The van der Waals surface area contributed by atoms with Crippen LogP contribution in [0.2, 0.25) is 5.02 Å². The van der Waals surface area contributed by atoms with Gasteiger partial charge in [-0.3, -0.25) is 9.69 Å². The summed E-state index contributed by atoms with van der Waals surface area (Å²) >= 11 is 6.96. The highest BCUT2D eigenvalue weighted by Gasteiger charge is 2.10. The number of likely N-dealkylation sites (N-methyl/N-ethyl adjacent to an activating group) is 1. The van der Waals surface area contributed by atoms with Crippen LogP contribution in [0.1, 0.15) is 0 Å². The van der Waals surface area contributed by atoms with Crippen LogP contribution in [0.25, 0.3) is 11.0 Å². The maximum atomic E-state index is 12.2. The molecule has 0 aliphatic carbocycles. The van der Waals surface area contributed by atoms with Crippen LogP contribution < -0.4 is 10.1 Å². The fourth-order valence-electron chi connectivity index (χ4n) is 2.27. The summed E-state index contributed by atoms with van der Waals surface area (Å²) in [4.78, 5) is 14.1. The highest BCUT2D eigenvalue weighted by molar-refractivity contribution is 7.00. The number of hydrogen-bond acceptors (Lipinski definition) is 6. The third-order valence-corrected chi connectivity index (χ3v) is 4.32. The SMILES string of the molecule is CN(CCOc1ccc(Cl)cc1)CC(=O)Nc1cccc2nsnc12. The molecule has 0 saturated heterocycles. The number of nitrogens with one attached hydrogen (secondary N) is 1. The third-order valence-electron chi connectivity index (χ3n) is 3.53. The molecule has 2 aromatic carbocycles. The van der Waals surface area contributed by atoms with Crippen molar-refractivity contribution in [3.05, 3.63) is 47.5 Å². The van der Waals surface area contributed by atoms with Crippen molar-refractivity contribution < 1.29 is 9.53 Å². The maximum absolute atomic E-state index is 12.2. The molecule has 1 aromatic heterocycles. The van der Waals surface area contributed by atoms with Gasteiger partial charge in [0.1, 0.15) is 23.4 Å². The minimum absolute atomic E-state index is 0.102. The number of benzene rings is 2. The zero-order valence-electron chi connectivity index (χ0n) is 13.6. The lowest BCUT2D eigenvalue weighted by atomic mass is 10.2. The molecule has 0 fully saturated rings. The number of aromatic nitrogens is 2. The fourth-order valence-corrected chi connectivity index (χ4v) is 2.95. The van der Waals surface area contributed by atoms with Crippen molar-refractivity contribution >= 4 is 46.0 Å². The standard InChI is InChI=1S/C17H17ClN4O2S/c1-22(9-10-24-13-7-5-12(18)6-8-13)11-16(23)19-14-3-2-4-15-17(14)21-25-20-15/h2-8H,9-11H2,1H3,(H,19,23). The zero-order chi connectivity index (χ0) is 17.6. The third kappa shape index (κ3) is 4.88. The summed E-state index contributed by atoms with van der Waals surface area (Å²) in [5, 5.41) is 3.56. The van der Waals surface area contributed by atoms with Crippen molar-refractivity contribution in [3.8, 4) is 5.75 Å². The number of rotatable bonds is 7. The van der Waals surface area contributed by atoms with E-state index >= 15 is 0 Å². The van der Waals surface area contributed by atoms with Crippen molar-refractivity contribution in [2.45, 2.75) is 0 Å². The first kappa shape index (κ1) is 17.6. The summed E-state index contributed by atoms with van der Waals surface area (Å²) in [6.45, 7) is 1.37. The van der Waals surface area contributed by atoms with Gasteiger partial charge in [0.05, 0.1) is 24.0 Å². The molecule has 0 atom stereocenters. The number of anilines is 1. The van der Waals surface area contributed by atoms with Gasteiger partial charge in [-0.15, -0.1) is 0 Å². The van der Waals surface area contributed by atoms with Gasteiger partial charge in [-0.05, 0) is 43.4 Å². The average Bonchev–Trinajstić information content (AvgIpc) is 3.06. The van der Waals surface area contributed by atoms with Crippen LogP contribution in [0.4, 0.5) is 5.69 Å². The van der Waals surface area contributed by atoms with Crippen LogP contribution in [-0.4, -0.2) is 46.3 Å². The monoisotopic (exact) mass is 376 g/mol. The molecule has 1 amide bonds. The number of hydrogen-bond donors (Lipinski definition) is 1. The lowest BCUT2D eigenvalue weighted by Gasteiger charge is -2.16. The van der Waals surface area contributed by atoms with E-state index in [4.69, 9.17) is 16.3 Å². The number of amides is 1. The first-order valence-electron chi connectivity index (χ1n) is 7.70. The lowest BCUT2D eigenvalue weighted by molar-refractivity contribution is -0.117. The molecule has 0 spiro atoms. The summed E-state index contributed by atoms with van der Waals surface area (Å²) in [5.41, 5.74) is 2.18. The summed E-state index contributed by atoms with van der Waals surface area (Å²) in [6.07, 6.45) is 0. The molecule has 130 valence electrons. The second-order valence-electron chi connectivity index (χ2n) is 5.53. The number of carbonyl (C=O) groups is 1. The van der Waals surface area contributed by atoms with Gasteiger partial charge in [0.2, 0.25) is 5.91 Å². The van der Waals surface area contributed by atoms with E-state index in [-0.39, 0.29) is 12.5 Å². The summed E-state index contributed by atoms with van der Waals surface area (Å²) < 4.78 is 14.0. The Hall–Kier alpha value is -2.22. The normalized spacial score (nSPS) is 11.0. The van der Waals surface area contributed by atoms with Gasteiger partial charge in [-0.25, -0.2) is 0 Å². The van der Waals surface area contributed by atoms with Gasteiger partial charge in [0.15, 0.2) is 0 Å². The van der Waals surface area contributed by atoms with E-state index in [0.29, 0.717) is 23.9 Å². The first-order valence-corrected chi connectivity index (χ1v) is 8.81. The van der Waals surface area contributed by atoms with Gasteiger partial charge in [-0.1, -0.05) is 17.7 Å². The number of nitrogens with zero attached hydrogens (tertiary/aromatic N) is 3. The molecule has 1 N–H and O–H groups in total. The molecule has 0 unspecified atom stereocenters. The van der Waals surface area contributed by atoms with Gasteiger partial charge >= 0.3 is 0 Å². The highest BCUT2D eigenvalue weighted by atomic mass is 35.5. The minimum atomic E-state index is -0.102. The smallest absolute Gasteiger partial charge is 0.238 e. The van der Waals surface area contributed by atoms with E-state index in [2.05, 4.69) is 14.1 Å².